The quantitative estimate of drug-likeness (QED) is 0.878. The zero-order valence-corrected chi connectivity index (χ0v) is 12.3. The molecule has 1 saturated heterocycles. The first-order chi connectivity index (χ1) is 9.19. The van der Waals surface area contributed by atoms with E-state index in [1.807, 2.05) is 0 Å². The van der Waals surface area contributed by atoms with Crippen LogP contribution < -0.4 is 5.73 Å². The second-order valence-corrected chi connectivity index (χ2v) is 5.81. The monoisotopic (exact) mass is 261 g/mol. The van der Waals surface area contributed by atoms with Gasteiger partial charge in [0.25, 0.3) is 0 Å². The van der Waals surface area contributed by atoms with Crippen molar-refractivity contribution in [2.24, 2.45) is 5.73 Å². The molecular weight excluding hydrogens is 234 g/mol. The van der Waals surface area contributed by atoms with E-state index in [-0.39, 0.29) is 0 Å². The van der Waals surface area contributed by atoms with E-state index in [0.29, 0.717) is 5.92 Å². The standard InChI is InChI=1S/C16H27N3/c1-14(2)16-5-3-4-15(12-16)13-19-10-8-18(7-6-17)9-11-19/h3-5,12,14H,6-11,13,17H2,1-2H3. The number of rotatable bonds is 5. The summed E-state index contributed by atoms with van der Waals surface area (Å²) in [5.74, 6) is 0.612. The van der Waals surface area contributed by atoms with Crippen molar-refractivity contribution >= 4 is 0 Å². The van der Waals surface area contributed by atoms with Gasteiger partial charge in [0.2, 0.25) is 0 Å². The van der Waals surface area contributed by atoms with E-state index in [1.54, 1.807) is 0 Å². The third kappa shape index (κ3) is 4.30. The normalized spacial score (nSPS) is 18.1. The molecule has 0 atom stereocenters. The highest BCUT2D eigenvalue weighted by molar-refractivity contribution is 5.25. The van der Waals surface area contributed by atoms with E-state index < -0.39 is 0 Å². The van der Waals surface area contributed by atoms with E-state index in [1.165, 1.54) is 11.1 Å². The van der Waals surface area contributed by atoms with Crippen LogP contribution in [0.5, 0.6) is 0 Å². The van der Waals surface area contributed by atoms with Gasteiger partial charge in [-0.05, 0) is 17.0 Å². The Hall–Kier alpha value is -0.900. The summed E-state index contributed by atoms with van der Waals surface area (Å²) in [5, 5.41) is 0. The largest absolute Gasteiger partial charge is 0.329 e. The van der Waals surface area contributed by atoms with Crippen LogP contribution in [0, 0.1) is 0 Å². The summed E-state index contributed by atoms with van der Waals surface area (Å²) >= 11 is 0. The number of piperazine rings is 1. The minimum absolute atomic E-state index is 0.612. The van der Waals surface area contributed by atoms with Crippen LogP contribution >= 0.6 is 0 Å². The van der Waals surface area contributed by atoms with Gasteiger partial charge in [-0.2, -0.15) is 0 Å². The molecule has 3 heteroatoms. The van der Waals surface area contributed by atoms with E-state index in [0.717, 1.165) is 45.8 Å². The van der Waals surface area contributed by atoms with Crippen molar-refractivity contribution in [2.45, 2.75) is 26.3 Å². The predicted molar refractivity (Wildman–Crippen MR) is 81.3 cm³/mol. The Kier molecular flexibility index (Phi) is 5.37. The van der Waals surface area contributed by atoms with Crippen molar-refractivity contribution in [1.82, 2.24) is 9.80 Å². The van der Waals surface area contributed by atoms with Crippen LogP contribution in [0.25, 0.3) is 0 Å². The minimum Gasteiger partial charge on any atom is -0.329 e. The molecule has 0 saturated carbocycles. The van der Waals surface area contributed by atoms with Gasteiger partial charge in [-0.15, -0.1) is 0 Å². The lowest BCUT2D eigenvalue weighted by molar-refractivity contribution is 0.130. The summed E-state index contributed by atoms with van der Waals surface area (Å²) in [4.78, 5) is 5.01. The zero-order valence-electron chi connectivity index (χ0n) is 12.3. The SMILES string of the molecule is CC(C)c1cccc(CN2CCN(CCN)CC2)c1. The minimum atomic E-state index is 0.612. The van der Waals surface area contributed by atoms with Gasteiger partial charge in [0.15, 0.2) is 0 Å². The Labute approximate surface area is 117 Å². The van der Waals surface area contributed by atoms with Crippen LogP contribution in [0.4, 0.5) is 0 Å². The molecule has 0 amide bonds. The molecule has 1 aromatic rings. The third-order valence-electron chi connectivity index (χ3n) is 3.93. The van der Waals surface area contributed by atoms with Crippen molar-refractivity contribution in [3.8, 4) is 0 Å². The Bertz CT molecular complexity index is 381. The molecule has 1 aliphatic rings. The van der Waals surface area contributed by atoms with Gasteiger partial charge in [0.1, 0.15) is 0 Å². The summed E-state index contributed by atoms with van der Waals surface area (Å²) in [7, 11) is 0. The van der Waals surface area contributed by atoms with E-state index >= 15 is 0 Å². The molecule has 1 fully saturated rings. The van der Waals surface area contributed by atoms with Gasteiger partial charge in [0.05, 0.1) is 0 Å². The van der Waals surface area contributed by atoms with Crippen LogP contribution in [0.15, 0.2) is 24.3 Å². The van der Waals surface area contributed by atoms with Gasteiger partial charge in [-0.3, -0.25) is 9.80 Å². The van der Waals surface area contributed by atoms with Gasteiger partial charge >= 0.3 is 0 Å². The summed E-state index contributed by atoms with van der Waals surface area (Å²) in [6.45, 7) is 12.0. The molecule has 19 heavy (non-hydrogen) atoms. The zero-order chi connectivity index (χ0) is 13.7. The first kappa shape index (κ1) is 14.5. The lowest BCUT2D eigenvalue weighted by Crippen LogP contribution is -2.47. The molecule has 106 valence electrons. The first-order valence-corrected chi connectivity index (χ1v) is 7.42. The fourth-order valence-electron chi connectivity index (χ4n) is 2.66. The highest BCUT2D eigenvalue weighted by Crippen LogP contribution is 2.17. The average Bonchev–Trinajstić information content (AvgIpc) is 2.42. The molecule has 0 aromatic heterocycles. The Morgan fingerprint density at radius 3 is 2.42 bits per heavy atom. The van der Waals surface area contributed by atoms with Gasteiger partial charge in [-0.1, -0.05) is 38.1 Å². The molecule has 0 unspecified atom stereocenters. The second kappa shape index (κ2) is 7.04. The first-order valence-electron chi connectivity index (χ1n) is 7.42. The fourth-order valence-corrected chi connectivity index (χ4v) is 2.66. The molecule has 1 aliphatic heterocycles. The maximum absolute atomic E-state index is 5.61. The molecule has 2 rings (SSSR count). The predicted octanol–water partition coefficient (Wildman–Crippen LogP) is 1.89. The van der Waals surface area contributed by atoms with E-state index in [9.17, 15) is 0 Å². The van der Waals surface area contributed by atoms with Crippen molar-refractivity contribution < 1.29 is 0 Å². The topological polar surface area (TPSA) is 32.5 Å². The molecule has 2 N–H and O–H groups in total. The fraction of sp³-hybridized carbons (Fsp3) is 0.625. The van der Waals surface area contributed by atoms with Gasteiger partial charge < -0.3 is 5.73 Å². The number of nitrogens with two attached hydrogens (primary N) is 1. The van der Waals surface area contributed by atoms with Crippen LogP contribution in [0.1, 0.15) is 30.9 Å². The third-order valence-corrected chi connectivity index (χ3v) is 3.93. The molecule has 0 aliphatic carbocycles. The summed E-state index contributed by atoms with van der Waals surface area (Å²) in [6.07, 6.45) is 0. The highest BCUT2D eigenvalue weighted by Gasteiger charge is 2.16. The number of hydrogen-bond donors (Lipinski definition) is 1. The lowest BCUT2D eigenvalue weighted by Gasteiger charge is -2.34. The Morgan fingerprint density at radius 1 is 1.11 bits per heavy atom. The smallest absolute Gasteiger partial charge is 0.0234 e. The van der Waals surface area contributed by atoms with Crippen molar-refractivity contribution in [3.05, 3.63) is 35.4 Å². The maximum atomic E-state index is 5.61. The van der Waals surface area contributed by atoms with Gasteiger partial charge in [0, 0.05) is 45.8 Å². The van der Waals surface area contributed by atoms with E-state index in [4.69, 9.17) is 5.73 Å². The molecule has 0 spiro atoms. The number of nitrogens with zero attached hydrogens (tertiary/aromatic N) is 2. The van der Waals surface area contributed by atoms with Crippen molar-refractivity contribution in [2.75, 3.05) is 39.3 Å². The molecule has 3 nitrogen and oxygen atoms in total. The van der Waals surface area contributed by atoms with E-state index in [2.05, 4.69) is 47.9 Å². The lowest BCUT2D eigenvalue weighted by atomic mass is 10.0. The Morgan fingerprint density at radius 2 is 1.79 bits per heavy atom. The second-order valence-electron chi connectivity index (χ2n) is 5.81. The maximum Gasteiger partial charge on any atom is 0.0234 e. The van der Waals surface area contributed by atoms with Crippen molar-refractivity contribution in [1.29, 1.82) is 0 Å². The highest BCUT2D eigenvalue weighted by atomic mass is 15.3. The summed E-state index contributed by atoms with van der Waals surface area (Å²) in [5.41, 5.74) is 8.49. The van der Waals surface area contributed by atoms with Crippen molar-refractivity contribution in [3.63, 3.8) is 0 Å². The molecule has 0 radical (unpaired) electrons. The number of hydrogen-bond acceptors (Lipinski definition) is 3. The van der Waals surface area contributed by atoms with Crippen LogP contribution in [0.3, 0.4) is 0 Å². The molecule has 0 bridgehead atoms. The summed E-state index contributed by atoms with van der Waals surface area (Å²) < 4.78 is 0. The van der Waals surface area contributed by atoms with Crippen LogP contribution in [-0.2, 0) is 6.54 Å². The molecule has 1 aromatic carbocycles. The average molecular weight is 261 g/mol. The van der Waals surface area contributed by atoms with Gasteiger partial charge in [-0.25, -0.2) is 0 Å². The molecule has 1 heterocycles. The molecular formula is C16H27N3. The van der Waals surface area contributed by atoms with Crippen LogP contribution in [-0.4, -0.2) is 49.1 Å². The summed E-state index contributed by atoms with van der Waals surface area (Å²) in [6, 6.07) is 9.03. The number of benzene rings is 1. The Balaban J connectivity index is 1.87. The van der Waals surface area contributed by atoms with Crippen LogP contribution in [0.2, 0.25) is 0 Å².